The van der Waals surface area contributed by atoms with Crippen LogP contribution in [0.5, 0.6) is 0 Å². The Morgan fingerprint density at radius 2 is 1.92 bits per heavy atom. The molecule has 0 heterocycles. The fourth-order valence-electron chi connectivity index (χ4n) is 1.05. The van der Waals surface area contributed by atoms with Crippen LogP contribution >= 0.6 is 0 Å². The summed E-state index contributed by atoms with van der Waals surface area (Å²) in [6, 6.07) is -0.461. The van der Waals surface area contributed by atoms with Crippen LogP contribution in [-0.4, -0.2) is 24.2 Å². The van der Waals surface area contributed by atoms with Crippen molar-refractivity contribution in [1.82, 2.24) is 5.32 Å². The zero-order chi connectivity index (χ0) is 9.35. The van der Waals surface area contributed by atoms with Gasteiger partial charge in [-0.15, -0.1) is 0 Å². The summed E-state index contributed by atoms with van der Waals surface area (Å²) in [7, 11) is 0. The quantitative estimate of drug-likeness (QED) is 0.606. The van der Waals surface area contributed by atoms with E-state index in [-0.39, 0.29) is 6.04 Å². The Kier molecular flexibility index (Phi) is 2.27. The third kappa shape index (κ3) is 2.10. The molecule has 1 rings (SSSR count). The molecule has 0 bridgehead atoms. The van der Waals surface area contributed by atoms with Gasteiger partial charge >= 0.3 is 12.1 Å². The van der Waals surface area contributed by atoms with Crippen molar-refractivity contribution in [2.24, 2.45) is 5.73 Å². The molecule has 0 aromatic carbocycles. The highest BCUT2D eigenvalue weighted by atomic mass is 19.4. The van der Waals surface area contributed by atoms with E-state index in [1.165, 1.54) is 0 Å². The third-order valence-corrected chi connectivity index (χ3v) is 1.77. The maximum atomic E-state index is 11.6. The van der Waals surface area contributed by atoms with Gasteiger partial charge in [-0.05, 0) is 12.8 Å². The first kappa shape index (κ1) is 9.31. The van der Waals surface area contributed by atoms with E-state index in [4.69, 9.17) is 5.73 Å². The molecule has 0 aliphatic heterocycles. The van der Waals surface area contributed by atoms with Crippen LogP contribution in [0.1, 0.15) is 12.8 Å². The minimum Gasteiger partial charge on any atom is -0.345 e. The smallest absolute Gasteiger partial charge is 0.345 e. The van der Waals surface area contributed by atoms with Crippen molar-refractivity contribution in [2.75, 3.05) is 0 Å². The molecule has 12 heavy (non-hydrogen) atoms. The SMILES string of the molecule is N[C@H]1C[C@@H](NC(=O)C(F)(F)F)C1. The van der Waals surface area contributed by atoms with Gasteiger partial charge in [-0.1, -0.05) is 0 Å². The molecule has 0 radical (unpaired) electrons. The van der Waals surface area contributed by atoms with Crippen LogP contribution in [-0.2, 0) is 4.79 Å². The minimum absolute atomic E-state index is 0.0662. The molecule has 0 spiro atoms. The van der Waals surface area contributed by atoms with Crippen molar-refractivity contribution in [3.05, 3.63) is 0 Å². The summed E-state index contributed by atoms with van der Waals surface area (Å²) in [6.45, 7) is 0. The minimum atomic E-state index is -4.78. The number of amides is 1. The Hall–Kier alpha value is -0.780. The lowest BCUT2D eigenvalue weighted by Crippen LogP contribution is -2.53. The fraction of sp³-hybridized carbons (Fsp3) is 0.833. The molecule has 0 saturated heterocycles. The number of nitrogens with two attached hydrogens (primary N) is 1. The van der Waals surface area contributed by atoms with Crippen molar-refractivity contribution < 1.29 is 18.0 Å². The summed E-state index contributed by atoms with van der Waals surface area (Å²) < 4.78 is 34.9. The summed E-state index contributed by atoms with van der Waals surface area (Å²) in [6.07, 6.45) is -3.91. The monoisotopic (exact) mass is 182 g/mol. The molecule has 70 valence electrons. The molecule has 6 heteroatoms. The predicted octanol–water partition coefficient (Wildman–Crippen LogP) is 0.155. The number of carbonyl (C=O) groups excluding carboxylic acids is 1. The first-order valence-corrected chi connectivity index (χ1v) is 3.53. The van der Waals surface area contributed by atoms with E-state index in [2.05, 4.69) is 0 Å². The average molecular weight is 182 g/mol. The molecular weight excluding hydrogens is 173 g/mol. The van der Waals surface area contributed by atoms with Crippen LogP contribution in [0.4, 0.5) is 13.2 Å². The second-order valence-electron chi connectivity index (χ2n) is 2.90. The summed E-state index contributed by atoms with van der Waals surface area (Å²) in [5.74, 6) is -1.88. The fourth-order valence-corrected chi connectivity index (χ4v) is 1.05. The second kappa shape index (κ2) is 2.93. The van der Waals surface area contributed by atoms with E-state index in [1.54, 1.807) is 0 Å². The molecule has 1 saturated carbocycles. The van der Waals surface area contributed by atoms with Crippen LogP contribution in [0.2, 0.25) is 0 Å². The lowest BCUT2D eigenvalue weighted by atomic mass is 9.88. The van der Waals surface area contributed by atoms with Gasteiger partial charge in [-0.25, -0.2) is 0 Å². The van der Waals surface area contributed by atoms with Crippen LogP contribution in [0, 0.1) is 0 Å². The van der Waals surface area contributed by atoms with Crippen molar-refractivity contribution in [2.45, 2.75) is 31.1 Å². The number of carbonyl (C=O) groups is 1. The Morgan fingerprint density at radius 1 is 1.42 bits per heavy atom. The molecule has 0 atom stereocenters. The standard InChI is InChI=1S/C6H9F3N2O/c7-6(8,9)5(12)11-4-1-3(10)2-4/h3-4H,1-2,10H2,(H,11,12)/t3-,4+. The zero-order valence-corrected chi connectivity index (χ0v) is 6.19. The van der Waals surface area contributed by atoms with Crippen molar-refractivity contribution in [1.29, 1.82) is 0 Å². The molecule has 1 fully saturated rings. The van der Waals surface area contributed by atoms with E-state index < -0.39 is 18.1 Å². The number of rotatable bonds is 1. The highest BCUT2D eigenvalue weighted by Crippen LogP contribution is 2.20. The third-order valence-electron chi connectivity index (χ3n) is 1.77. The number of alkyl halides is 3. The number of halogens is 3. The molecule has 1 aliphatic carbocycles. The van der Waals surface area contributed by atoms with Crippen molar-refractivity contribution in [3.8, 4) is 0 Å². The highest BCUT2D eigenvalue weighted by molar-refractivity contribution is 5.82. The normalized spacial score (nSPS) is 29.3. The predicted molar refractivity (Wildman–Crippen MR) is 35.2 cm³/mol. The van der Waals surface area contributed by atoms with Crippen molar-refractivity contribution in [3.63, 3.8) is 0 Å². The van der Waals surface area contributed by atoms with Gasteiger partial charge in [0.25, 0.3) is 0 Å². The molecule has 0 unspecified atom stereocenters. The van der Waals surface area contributed by atoms with E-state index in [0.717, 1.165) is 0 Å². The second-order valence-corrected chi connectivity index (χ2v) is 2.90. The largest absolute Gasteiger partial charge is 0.471 e. The molecule has 0 aromatic rings. The molecule has 1 aliphatic rings. The van der Waals surface area contributed by atoms with Gasteiger partial charge in [0, 0.05) is 12.1 Å². The van der Waals surface area contributed by atoms with Gasteiger partial charge in [0.15, 0.2) is 0 Å². The molecule has 0 aromatic heterocycles. The Balaban J connectivity index is 2.28. The summed E-state index contributed by atoms with van der Waals surface area (Å²) in [5.41, 5.74) is 5.32. The summed E-state index contributed by atoms with van der Waals surface area (Å²) >= 11 is 0. The lowest BCUT2D eigenvalue weighted by Gasteiger charge is -2.33. The number of hydrogen-bond acceptors (Lipinski definition) is 2. The van der Waals surface area contributed by atoms with Gasteiger partial charge in [0.05, 0.1) is 0 Å². The molecular formula is C6H9F3N2O. The van der Waals surface area contributed by atoms with Crippen LogP contribution < -0.4 is 11.1 Å². The first-order valence-electron chi connectivity index (χ1n) is 3.53. The first-order chi connectivity index (χ1) is 5.39. The van der Waals surface area contributed by atoms with Crippen LogP contribution in [0.15, 0.2) is 0 Å². The summed E-state index contributed by atoms with van der Waals surface area (Å²) in [5, 5.41) is 1.84. The van der Waals surface area contributed by atoms with Crippen LogP contribution in [0.25, 0.3) is 0 Å². The topological polar surface area (TPSA) is 55.1 Å². The van der Waals surface area contributed by atoms with Gasteiger partial charge in [-0.2, -0.15) is 13.2 Å². The van der Waals surface area contributed by atoms with E-state index in [1.807, 2.05) is 5.32 Å². The average Bonchev–Trinajstić information content (AvgIpc) is 1.82. The number of hydrogen-bond donors (Lipinski definition) is 2. The zero-order valence-electron chi connectivity index (χ0n) is 6.19. The molecule has 3 N–H and O–H groups in total. The highest BCUT2D eigenvalue weighted by Gasteiger charge is 2.41. The van der Waals surface area contributed by atoms with Gasteiger partial charge in [0.2, 0.25) is 0 Å². The maximum absolute atomic E-state index is 11.6. The van der Waals surface area contributed by atoms with Crippen molar-refractivity contribution >= 4 is 5.91 Å². The van der Waals surface area contributed by atoms with Gasteiger partial charge in [0.1, 0.15) is 0 Å². The molecule has 1 amide bonds. The number of nitrogens with one attached hydrogen (secondary N) is 1. The Morgan fingerprint density at radius 3 is 2.25 bits per heavy atom. The maximum Gasteiger partial charge on any atom is 0.471 e. The van der Waals surface area contributed by atoms with E-state index >= 15 is 0 Å². The van der Waals surface area contributed by atoms with Crippen LogP contribution in [0.3, 0.4) is 0 Å². The van der Waals surface area contributed by atoms with E-state index in [9.17, 15) is 18.0 Å². The molecule has 3 nitrogen and oxygen atoms in total. The van der Waals surface area contributed by atoms with Gasteiger partial charge < -0.3 is 11.1 Å². The van der Waals surface area contributed by atoms with Gasteiger partial charge in [-0.3, -0.25) is 4.79 Å². The summed E-state index contributed by atoms with van der Waals surface area (Å²) in [4.78, 5) is 10.3. The van der Waals surface area contributed by atoms with E-state index in [0.29, 0.717) is 12.8 Å². The Labute approximate surface area is 67.1 Å². The lowest BCUT2D eigenvalue weighted by molar-refractivity contribution is -0.175. The Bertz CT molecular complexity index is 186.